The van der Waals surface area contributed by atoms with Crippen LogP contribution in [0.25, 0.3) is 16.9 Å². The lowest BCUT2D eigenvalue weighted by Crippen LogP contribution is -2.12. The highest BCUT2D eigenvalue weighted by Gasteiger charge is 2.22. The van der Waals surface area contributed by atoms with Crippen LogP contribution >= 0.6 is 0 Å². The topological polar surface area (TPSA) is 139 Å². The van der Waals surface area contributed by atoms with E-state index < -0.39 is 21.7 Å². The Morgan fingerprint density at radius 1 is 1.25 bits per heavy atom. The van der Waals surface area contributed by atoms with Gasteiger partial charge in [-0.1, -0.05) is 12.1 Å². The van der Waals surface area contributed by atoms with E-state index in [1.54, 1.807) is 23.5 Å². The van der Waals surface area contributed by atoms with Gasteiger partial charge in [0.15, 0.2) is 9.84 Å². The molecule has 1 unspecified atom stereocenters. The van der Waals surface area contributed by atoms with Crippen LogP contribution < -0.4 is 11.1 Å². The highest BCUT2D eigenvalue weighted by molar-refractivity contribution is 7.90. The average molecular weight is 451 g/mol. The molecular weight excluding hydrogens is 433 g/mol. The standard InChI is InChI=1S/C21H18FN7O2S/c1-12(27-21-16(9-23)20(24)25-11-26-21)18-19(29-10-14(22)6-7-17(29)28-18)13-4-3-5-15(8-13)32(2,30)31/h3-8,10-12H,1-2H3,(H3,24,25,26,27). The molecule has 0 saturated heterocycles. The lowest BCUT2D eigenvalue weighted by atomic mass is 10.1. The van der Waals surface area contributed by atoms with E-state index in [9.17, 15) is 18.1 Å². The zero-order valence-electron chi connectivity index (χ0n) is 17.1. The quantitative estimate of drug-likeness (QED) is 0.472. The second-order valence-electron chi connectivity index (χ2n) is 7.18. The van der Waals surface area contributed by atoms with Gasteiger partial charge in [-0.3, -0.25) is 4.40 Å². The number of fused-ring (bicyclic) bond motifs is 1. The largest absolute Gasteiger partial charge is 0.382 e. The number of halogens is 1. The molecule has 3 N–H and O–H groups in total. The Morgan fingerprint density at radius 2 is 2.03 bits per heavy atom. The van der Waals surface area contributed by atoms with E-state index in [2.05, 4.69) is 20.3 Å². The number of sulfone groups is 1. The summed E-state index contributed by atoms with van der Waals surface area (Å²) in [6.07, 6.45) is 3.64. The van der Waals surface area contributed by atoms with Gasteiger partial charge in [-0.15, -0.1) is 0 Å². The lowest BCUT2D eigenvalue weighted by molar-refractivity contribution is 0.602. The third kappa shape index (κ3) is 3.83. The van der Waals surface area contributed by atoms with Crippen molar-refractivity contribution < 1.29 is 12.8 Å². The number of nitrogens with zero attached hydrogens (tertiary/aromatic N) is 5. The number of rotatable bonds is 5. The van der Waals surface area contributed by atoms with Gasteiger partial charge < -0.3 is 11.1 Å². The molecule has 0 bridgehead atoms. The zero-order chi connectivity index (χ0) is 23.0. The Hall–Kier alpha value is -4.04. The number of benzene rings is 1. The summed E-state index contributed by atoms with van der Waals surface area (Å²) in [5.74, 6) is -0.208. The summed E-state index contributed by atoms with van der Waals surface area (Å²) in [7, 11) is -3.46. The smallest absolute Gasteiger partial charge is 0.175 e. The molecule has 0 amide bonds. The molecule has 4 aromatic rings. The fourth-order valence-electron chi connectivity index (χ4n) is 3.39. The van der Waals surface area contributed by atoms with Gasteiger partial charge in [0.2, 0.25) is 0 Å². The van der Waals surface area contributed by atoms with Gasteiger partial charge in [-0.2, -0.15) is 5.26 Å². The number of imidazole rings is 1. The molecule has 1 aromatic carbocycles. The molecule has 0 saturated carbocycles. The van der Waals surface area contributed by atoms with Gasteiger partial charge >= 0.3 is 0 Å². The lowest BCUT2D eigenvalue weighted by Gasteiger charge is -2.16. The number of aromatic nitrogens is 4. The summed E-state index contributed by atoms with van der Waals surface area (Å²) in [5.41, 5.74) is 7.88. The minimum Gasteiger partial charge on any atom is -0.382 e. The van der Waals surface area contributed by atoms with Crippen LogP contribution in [0.5, 0.6) is 0 Å². The van der Waals surface area contributed by atoms with Crippen molar-refractivity contribution in [3.63, 3.8) is 0 Å². The molecule has 3 heterocycles. The van der Waals surface area contributed by atoms with E-state index >= 15 is 0 Å². The first-order valence-corrected chi connectivity index (χ1v) is 11.3. The number of nitrogen functional groups attached to an aromatic ring is 1. The molecule has 9 nitrogen and oxygen atoms in total. The number of hydrogen-bond acceptors (Lipinski definition) is 8. The van der Waals surface area contributed by atoms with Crippen LogP contribution in [0, 0.1) is 17.1 Å². The summed E-state index contributed by atoms with van der Waals surface area (Å²) in [6.45, 7) is 1.79. The van der Waals surface area contributed by atoms with Crippen LogP contribution in [0.3, 0.4) is 0 Å². The molecule has 0 aliphatic rings. The van der Waals surface area contributed by atoms with Gasteiger partial charge in [0.25, 0.3) is 0 Å². The number of nitriles is 1. The van der Waals surface area contributed by atoms with Crippen LogP contribution in [-0.2, 0) is 9.84 Å². The fraction of sp³-hybridized carbons (Fsp3) is 0.143. The Morgan fingerprint density at radius 3 is 2.75 bits per heavy atom. The normalized spacial score (nSPS) is 12.4. The summed E-state index contributed by atoms with van der Waals surface area (Å²) in [6, 6.07) is 10.6. The minimum absolute atomic E-state index is 0.0374. The first kappa shape index (κ1) is 21.2. The third-order valence-electron chi connectivity index (χ3n) is 4.90. The van der Waals surface area contributed by atoms with Gasteiger partial charge in [-0.05, 0) is 31.2 Å². The first-order valence-electron chi connectivity index (χ1n) is 9.44. The minimum atomic E-state index is -3.46. The van der Waals surface area contributed by atoms with E-state index in [0.717, 1.165) is 6.26 Å². The predicted octanol–water partition coefficient (Wildman–Crippen LogP) is 2.96. The average Bonchev–Trinajstić information content (AvgIpc) is 3.12. The van der Waals surface area contributed by atoms with Crippen molar-refractivity contribution in [1.82, 2.24) is 19.4 Å². The van der Waals surface area contributed by atoms with Gasteiger partial charge in [-0.25, -0.2) is 27.8 Å². The molecule has 32 heavy (non-hydrogen) atoms. The van der Waals surface area contributed by atoms with E-state index in [1.807, 2.05) is 6.07 Å². The van der Waals surface area contributed by atoms with Gasteiger partial charge in [0, 0.05) is 18.0 Å². The van der Waals surface area contributed by atoms with Crippen LogP contribution in [-0.4, -0.2) is 34.0 Å². The van der Waals surface area contributed by atoms with Crippen molar-refractivity contribution in [2.24, 2.45) is 0 Å². The molecule has 162 valence electrons. The molecule has 0 aliphatic heterocycles. The molecular formula is C21H18FN7O2S. The maximum atomic E-state index is 14.1. The SMILES string of the molecule is CC(Nc1ncnc(N)c1C#N)c1nc2ccc(F)cn2c1-c1cccc(S(C)(=O)=O)c1. The second kappa shape index (κ2) is 7.90. The highest BCUT2D eigenvalue weighted by Crippen LogP contribution is 2.33. The molecule has 0 spiro atoms. The van der Waals surface area contributed by atoms with Gasteiger partial charge in [0.1, 0.15) is 41.1 Å². The number of anilines is 2. The van der Waals surface area contributed by atoms with Crippen molar-refractivity contribution in [1.29, 1.82) is 5.26 Å². The Bertz CT molecular complexity index is 1490. The van der Waals surface area contributed by atoms with Crippen LogP contribution in [0.2, 0.25) is 0 Å². The van der Waals surface area contributed by atoms with Crippen LogP contribution in [0.4, 0.5) is 16.0 Å². The Labute approximate surface area is 183 Å². The van der Waals surface area contributed by atoms with E-state index in [4.69, 9.17) is 5.73 Å². The summed E-state index contributed by atoms with van der Waals surface area (Å²) in [5, 5.41) is 12.5. The molecule has 4 rings (SSSR count). The van der Waals surface area contributed by atoms with E-state index in [-0.39, 0.29) is 22.1 Å². The molecule has 11 heteroatoms. The highest BCUT2D eigenvalue weighted by atomic mass is 32.2. The zero-order valence-corrected chi connectivity index (χ0v) is 17.9. The summed E-state index contributed by atoms with van der Waals surface area (Å²) in [4.78, 5) is 12.7. The van der Waals surface area contributed by atoms with Crippen molar-refractivity contribution >= 4 is 27.1 Å². The van der Waals surface area contributed by atoms with Crippen molar-refractivity contribution in [3.05, 3.63) is 66.0 Å². The van der Waals surface area contributed by atoms with E-state index in [1.165, 1.54) is 36.8 Å². The van der Waals surface area contributed by atoms with Crippen molar-refractivity contribution in [2.45, 2.75) is 17.9 Å². The summed E-state index contributed by atoms with van der Waals surface area (Å²) >= 11 is 0. The summed E-state index contributed by atoms with van der Waals surface area (Å²) < 4.78 is 39.8. The monoisotopic (exact) mass is 451 g/mol. The molecule has 0 fully saturated rings. The second-order valence-corrected chi connectivity index (χ2v) is 9.20. The molecule has 1 atom stereocenters. The fourth-order valence-corrected chi connectivity index (χ4v) is 4.06. The van der Waals surface area contributed by atoms with Gasteiger partial charge in [0.05, 0.1) is 22.3 Å². The predicted molar refractivity (Wildman–Crippen MR) is 117 cm³/mol. The molecule has 0 radical (unpaired) electrons. The van der Waals surface area contributed by atoms with Crippen LogP contribution in [0.15, 0.2) is 53.8 Å². The number of nitrogens with one attached hydrogen (secondary N) is 1. The Balaban J connectivity index is 1.90. The Kier molecular flexibility index (Phi) is 5.23. The number of pyridine rings is 1. The van der Waals surface area contributed by atoms with Crippen LogP contribution in [0.1, 0.15) is 24.2 Å². The maximum Gasteiger partial charge on any atom is 0.175 e. The maximum absolute atomic E-state index is 14.1. The van der Waals surface area contributed by atoms with E-state index in [0.29, 0.717) is 22.6 Å². The number of hydrogen-bond donors (Lipinski definition) is 2. The molecule has 0 aliphatic carbocycles. The number of nitrogens with two attached hydrogens (primary N) is 1. The first-order chi connectivity index (χ1) is 15.2. The molecule has 3 aromatic heterocycles. The third-order valence-corrected chi connectivity index (χ3v) is 6.01. The van der Waals surface area contributed by atoms with Crippen molar-refractivity contribution in [2.75, 3.05) is 17.3 Å². The van der Waals surface area contributed by atoms with Crippen molar-refractivity contribution in [3.8, 4) is 17.3 Å².